The lowest BCUT2D eigenvalue weighted by molar-refractivity contribution is -0.132. The third-order valence-corrected chi connectivity index (χ3v) is 3.63. The van der Waals surface area contributed by atoms with Crippen molar-refractivity contribution in [3.8, 4) is 0 Å². The van der Waals surface area contributed by atoms with E-state index in [0.29, 0.717) is 6.42 Å². The van der Waals surface area contributed by atoms with Gasteiger partial charge >= 0.3 is 0 Å². The summed E-state index contributed by atoms with van der Waals surface area (Å²) in [5.41, 5.74) is 7.30. The number of nitrogens with zero attached hydrogens (tertiary/aromatic N) is 2. The van der Waals surface area contributed by atoms with Gasteiger partial charge in [0.15, 0.2) is 0 Å². The smallest absolute Gasteiger partial charge is 0.239 e. The summed E-state index contributed by atoms with van der Waals surface area (Å²) in [4.78, 5) is 16.4. The van der Waals surface area contributed by atoms with Crippen LogP contribution in [0.1, 0.15) is 25.3 Å². The Morgan fingerprint density at radius 3 is 2.43 bits per heavy atom. The predicted octanol–water partition coefficient (Wildman–Crippen LogP) is 1.75. The number of nitrogens with two attached hydrogens (primary N) is 1. The summed E-state index contributed by atoms with van der Waals surface area (Å²) in [5, 5.41) is 0. The molecule has 0 aliphatic carbocycles. The van der Waals surface area contributed by atoms with Crippen molar-refractivity contribution in [2.45, 2.75) is 32.2 Å². The SMILES string of the molecule is CCN(CCCN(C)C)C(=O)[C@@H](N)CCc1ccccc1. The number of likely N-dealkylation sites (N-methyl/N-ethyl adjacent to an activating group) is 1. The van der Waals surface area contributed by atoms with Gasteiger partial charge in [-0.25, -0.2) is 0 Å². The maximum Gasteiger partial charge on any atom is 0.239 e. The van der Waals surface area contributed by atoms with E-state index in [2.05, 4.69) is 17.0 Å². The molecule has 4 heteroatoms. The van der Waals surface area contributed by atoms with Crippen LogP contribution in [0.25, 0.3) is 0 Å². The summed E-state index contributed by atoms with van der Waals surface area (Å²) < 4.78 is 0. The van der Waals surface area contributed by atoms with Crippen LogP contribution in [0.3, 0.4) is 0 Å². The Kier molecular flexibility index (Phi) is 8.01. The van der Waals surface area contributed by atoms with E-state index in [1.165, 1.54) is 5.56 Å². The highest BCUT2D eigenvalue weighted by molar-refractivity contribution is 5.81. The van der Waals surface area contributed by atoms with Gasteiger partial charge in [0, 0.05) is 13.1 Å². The van der Waals surface area contributed by atoms with E-state index in [4.69, 9.17) is 5.73 Å². The molecule has 21 heavy (non-hydrogen) atoms. The first-order chi connectivity index (χ1) is 10.0. The summed E-state index contributed by atoms with van der Waals surface area (Å²) in [6.07, 6.45) is 2.54. The third kappa shape index (κ3) is 6.74. The molecule has 2 N–H and O–H groups in total. The van der Waals surface area contributed by atoms with Gasteiger partial charge < -0.3 is 15.5 Å². The van der Waals surface area contributed by atoms with Crippen molar-refractivity contribution in [1.29, 1.82) is 0 Å². The van der Waals surface area contributed by atoms with Crippen LogP contribution in [0.2, 0.25) is 0 Å². The van der Waals surface area contributed by atoms with Gasteiger partial charge in [0.1, 0.15) is 0 Å². The molecule has 1 aromatic carbocycles. The summed E-state index contributed by atoms with van der Waals surface area (Å²) in [6, 6.07) is 9.78. The molecule has 0 aromatic heterocycles. The Hall–Kier alpha value is -1.39. The Bertz CT molecular complexity index is 406. The van der Waals surface area contributed by atoms with Gasteiger partial charge in [0.25, 0.3) is 0 Å². The average molecular weight is 291 g/mol. The molecular weight excluding hydrogens is 262 g/mol. The van der Waals surface area contributed by atoms with Gasteiger partial charge in [-0.3, -0.25) is 4.79 Å². The van der Waals surface area contributed by atoms with Crippen LogP contribution in [0.15, 0.2) is 30.3 Å². The van der Waals surface area contributed by atoms with E-state index < -0.39 is 6.04 Å². The lowest BCUT2D eigenvalue weighted by Crippen LogP contribution is -2.44. The van der Waals surface area contributed by atoms with E-state index in [1.54, 1.807) is 0 Å². The maximum absolute atomic E-state index is 12.4. The molecule has 0 bridgehead atoms. The molecule has 0 heterocycles. The van der Waals surface area contributed by atoms with Crippen LogP contribution in [0, 0.1) is 0 Å². The molecule has 4 nitrogen and oxygen atoms in total. The molecule has 0 aliphatic rings. The number of aryl methyl sites for hydroxylation is 1. The molecule has 0 unspecified atom stereocenters. The van der Waals surface area contributed by atoms with Crippen LogP contribution in [-0.2, 0) is 11.2 Å². The molecule has 1 amide bonds. The van der Waals surface area contributed by atoms with Crippen LogP contribution >= 0.6 is 0 Å². The first-order valence-corrected chi connectivity index (χ1v) is 7.77. The van der Waals surface area contributed by atoms with Crippen molar-refractivity contribution in [3.63, 3.8) is 0 Å². The molecule has 0 spiro atoms. The van der Waals surface area contributed by atoms with Crippen molar-refractivity contribution in [2.75, 3.05) is 33.7 Å². The molecule has 0 saturated heterocycles. The van der Waals surface area contributed by atoms with Gasteiger partial charge in [0.05, 0.1) is 6.04 Å². The number of rotatable bonds is 9. The highest BCUT2D eigenvalue weighted by atomic mass is 16.2. The fraction of sp³-hybridized carbons (Fsp3) is 0.588. The summed E-state index contributed by atoms with van der Waals surface area (Å²) in [7, 11) is 4.09. The highest BCUT2D eigenvalue weighted by Crippen LogP contribution is 2.06. The molecular formula is C17H29N3O. The van der Waals surface area contributed by atoms with Gasteiger partial charge in [-0.05, 0) is 52.4 Å². The fourth-order valence-electron chi connectivity index (χ4n) is 2.33. The number of amides is 1. The molecule has 1 rings (SSSR count). The molecule has 1 aromatic rings. The fourth-order valence-corrected chi connectivity index (χ4v) is 2.33. The van der Waals surface area contributed by atoms with Crippen molar-refractivity contribution >= 4 is 5.91 Å². The Morgan fingerprint density at radius 2 is 1.86 bits per heavy atom. The first-order valence-electron chi connectivity index (χ1n) is 7.77. The van der Waals surface area contributed by atoms with Crippen molar-refractivity contribution < 1.29 is 4.79 Å². The zero-order valence-electron chi connectivity index (χ0n) is 13.6. The van der Waals surface area contributed by atoms with Gasteiger partial charge in [-0.2, -0.15) is 0 Å². The molecule has 0 aliphatic heterocycles. The second kappa shape index (κ2) is 9.53. The minimum absolute atomic E-state index is 0.0761. The standard InChI is InChI=1S/C17H29N3O/c1-4-20(14-8-13-19(2)3)17(21)16(18)12-11-15-9-6-5-7-10-15/h5-7,9-10,16H,4,8,11-14,18H2,1-3H3/t16-/m0/s1. The first kappa shape index (κ1) is 17.7. The summed E-state index contributed by atoms with van der Waals surface area (Å²) in [5.74, 6) is 0.0761. The average Bonchev–Trinajstić information content (AvgIpc) is 2.49. The topological polar surface area (TPSA) is 49.6 Å². The van der Waals surface area contributed by atoms with E-state index in [9.17, 15) is 4.79 Å². The van der Waals surface area contributed by atoms with E-state index in [1.807, 2.05) is 44.1 Å². The van der Waals surface area contributed by atoms with Gasteiger partial charge in [-0.1, -0.05) is 30.3 Å². The highest BCUT2D eigenvalue weighted by Gasteiger charge is 2.19. The van der Waals surface area contributed by atoms with Gasteiger partial charge in [0.2, 0.25) is 5.91 Å². The lowest BCUT2D eigenvalue weighted by Gasteiger charge is -2.25. The van der Waals surface area contributed by atoms with E-state index in [-0.39, 0.29) is 5.91 Å². The number of carbonyl (C=O) groups excluding carboxylic acids is 1. The Balaban J connectivity index is 2.39. The number of carbonyl (C=O) groups is 1. The van der Waals surface area contributed by atoms with Crippen molar-refractivity contribution in [1.82, 2.24) is 9.80 Å². The number of benzene rings is 1. The monoisotopic (exact) mass is 291 g/mol. The van der Waals surface area contributed by atoms with Crippen molar-refractivity contribution in [2.24, 2.45) is 5.73 Å². The summed E-state index contributed by atoms with van der Waals surface area (Å²) >= 11 is 0. The van der Waals surface area contributed by atoms with Crippen LogP contribution in [-0.4, -0.2) is 55.5 Å². The minimum Gasteiger partial charge on any atom is -0.342 e. The molecule has 0 fully saturated rings. The van der Waals surface area contributed by atoms with Crippen LogP contribution in [0.5, 0.6) is 0 Å². The summed E-state index contributed by atoms with van der Waals surface area (Å²) in [6.45, 7) is 4.51. The zero-order chi connectivity index (χ0) is 15.7. The Labute approximate surface area is 128 Å². The molecule has 118 valence electrons. The van der Waals surface area contributed by atoms with Crippen LogP contribution in [0.4, 0.5) is 0 Å². The molecule has 0 radical (unpaired) electrons. The Morgan fingerprint density at radius 1 is 1.19 bits per heavy atom. The van der Waals surface area contributed by atoms with Crippen LogP contribution < -0.4 is 5.73 Å². The molecule has 1 atom stereocenters. The second-order valence-electron chi connectivity index (χ2n) is 5.71. The minimum atomic E-state index is -0.399. The van der Waals surface area contributed by atoms with Crippen molar-refractivity contribution in [3.05, 3.63) is 35.9 Å². The lowest BCUT2D eigenvalue weighted by atomic mass is 10.0. The third-order valence-electron chi connectivity index (χ3n) is 3.63. The second-order valence-corrected chi connectivity index (χ2v) is 5.71. The largest absolute Gasteiger partial charge is 0.342 e. The van der Waals surface area contributed by atoms with E-state index in [0.717, 1.165) is 32.5 Å². The molecule has 0 saturated carbocycles. The predicted molar refractivity (Wildman–Crippen MR) is 88.2 cm³/mol. The van der Waals surface area contributed by atoms with E-state index >= 15 is 0 Å². The van der Waals surface area contributed by atoms with Gasteiger partial charge in [-0.15, -0.1) is 0 Å². The maximum atomic E-state index is 12.4. The number of hydrogen-bond donors (Lipinski definition) is 1. The zero-order valence-corrected chi connectivity index (χ0v) is 13.6. The normalized spacial score (nSPS) is 12.4. The quantitative estimate of drug-likeness (QED) is 0.754. The number of hydrogen-bond acceptors (Lipinski definition) is 3.